The van der Waals surface area contributed by atoms with Crippen molar-refractivity contribution in [2.45, 2.75) is 19.8 Å². The summed E-state index contributed by atoms with van der Waals surface area (Å²) in [5.74, 6) is 0.739. The number of benzene rings is 2. The van der Waals surface area contributed by atoms with Gasteiger partial charge in [0.25, 0.3) is 0 Å². The minimum Gasteiger partial charge on any atom is -0.473 e. The van der Waals surface area contributed by atoms with E-state index in [0.717, 1.165) is 28.8 Å². The van der Waals surface area contributed by atoms with Gasteiger partial charge in [-0.15, -0.1) is 0 Å². The summed E-state index contributed by atoms with van der Waals surface area (Å²) in [5, 5.41) is 5.39. The van der Waals surface area contributed by atoms with E-state index in [0.29, 0.717) is 0 Å². The Morgan fingerprint density at radius 3 is 2.64 bits per heavy atom. The van der Waals surface area contributed by atoms with E-state index in [1.165, 1.54) is 5.56 Å². The fraction of sp³-hybridized carbons (Fsp3) is 0.235. The second kappa shape index (κ2) is 8.44. The van der Waals surface area contributed by atoms with Crippen molar-refractivity contribution in [3.8, 4) is 5.75 Å². The summed E-state index contributed by atoms with van der Waals surface area (Å²) in [4.78, 5) is 11.7. The molecule has 0 unspecified atom stereocenters. The first-order valence-corrected chi connectivity index (χ1v) is 7.99. The molecule has 0 aromatic heterocycles. The summed E-state index contributed by atoms with van der Waals surface area (Å²) in [7, 11) is 0. The molecule has 0 radical (unpaired) electrons. The van der Waals surface area contributed by atoms with Crippen LogP contribution < -0.4 is 15.4 Å². The summed E-state index contributed by atoms with van der Waals surface area (Å²) >= 11 is 3.36. The Hall–Kier alpha value is -2.01. The van der Waals surface area contributed by atoms with Gasteiger partial charge in [0.2, 0.25) is 0 Å². The van der Waals surface area contributed by atoms with E-state index in [4.69, 9.17) is 4.74 Å². The van der Waals surface area contributed by atoms with Gasteiger partial charge in [-0.25, -0.2) is 4.79 Å². The van der Waals surface area contributed by atoms with Gasteiger partial charge < -0.3 is 15.4 Å². The van der Waals surface area contributed by atoms with Crippen LogP contribution >= 0.6 is 15.9 Å². The molecular formula is C17H19BrN2O2. The maximum Gasteiger partial charge on any atom is 0.321 e. The zero-order valence-corrected chi connectivity index (χ0v) is 14.0. The van der Waals surface area contributed by atoms with Crippen LogP contribution in [0.5, 0.6) is 5.75 Å². The number of rotatable bonds is 6. The van der Waals surface area contributed by atoms with Crippen LogP contribution in [0.3, 0.4) is 0 Å². The zero-order chi connectivity index (χ0) is 15.8. The third-order valence-electron chi connectivity index (χ3n) is 3.02. The molecule has 0 saturated carbocycles. The first-order chi connectivity index (χ1) is 10.7. The Morgan fingerprint density at radius 2 is 1.95 bits per heavy atom. The minimum absolute atomic E-state index is 0.118. The number of hydrogen-bond donors (Lipinski definition) is 2. The number of halogens is 1. The van der Waals surface area contributed by atoms with Gasteiger partial charge in [0.1, 0.15) is 5.75 Å². The summed E-state index contributed by atoms with van der Waals surface area (Å²) in [5.41, 5.74) is 2.01. The Kier molecular flexibility index (Phi) is 6.27. The molecule has 2 aromatic carbocycles. The molecule has 0 fully saturated rings. The summed E-state index contributed by atoms with van der Waals surface area (Å²) < 4.78 is 6.40. The van der Waals surface area contributed by atoms with Crippen LogP contribution in [0.25, 0.3) is 0 Å². The number of anilines is 1. The Balaban J connectivity index is 1.74. The third kappa shape index (κ3) is 5.41. The molecule has 0 atom stereocenters. The number of urea groups is 1. The quantitative estimate of drug-likeness (QED) is 0.740. The largest absolute Gasteiger partial charge is 0.473 e. The molecule has 0 aliphatic heterocycles. The maximum atomic E-state index is 11.7. The summed E-state index contributed by atoms with van der Waals surface area (Å²) in [6.45, 7) is 2.27. The SMILES string of the molecule is CCCc1ccc(OCNC(=O)Nc2cccc(Br)c2)cc1. The zero-order valence-electron chi connectivity index (χ0n) is 12.4. The average Bonchev–Trinajstić information content (AvgIpc) is 2.49. The Labute approximate surface area is 139 Å². The predicted octanol–water partition coefficient (Wildman–Crippen LogP) is 4.56. The highest BCUT2D eigenvalue weighted by Crippen LogP contribution is 2.15. The molecular weight excluding hydrogens is 344 g/mol. The monoisotopic (exact) mass is 362 g/mol. The fourth-order valence-electron chi connectivity index (χ4n) is 1.97. The van der Waals surface area contributed by atoms with Gasteiger partial charge >= 0.3 is 6.03 Å². The Bertz CT molecular complexity index is 614. The predicted molar refractivity (Wildman–Crippen MR) is 92.2 cm³/mol. The fourth-order valence-corrected chi connectivity index (χ4v) is 2.37. The smallest absolute Gasteiger partial charge is 0.321 e. The topological polar surface area (TPSA) is 50.4 Å². The molecule has 0 saturated heterocycles. The maximum absolute atomic E-state index is 11.7. The lowest BCUT2D eigenvalue weighted by molar-refractivity contribution is 0.234. The van der Waals surface area contributed by atoms with Gasteiger partial charge in [-0.1, -0.05) is 47.5 Å². The number of amides is 2. The number of carbonyl (C=O) groups excluding carboxylic acids is 1. The van der Waals surface area contributed by atoms with E-state index in [1.54, 1.807) is 0 Å². The molecule has 22 heavy (non-hydrogen) atoms. The van der Waals surface area contributed by atoms with E-state index >= 15 is 0 Å². The molecule has 5 heteroatoms. The van der Waals surface area contributed by atoms with Crippen molar-refractivity contribution in [3.63, 3.8) is 0 Å². The molecule has 2 amide bonds. The van der Waals surface area contributed by atoms with E-state index in [2.05, 4.69) is 33.5 Å². The minimum atomic E-state index is -0.305. The molecule has 2 aromatic rings. The van der Waals surface area contributed by atoms with Crippen LogP contribution in [0.1, 0.15) is 18.9 Å². The number of ether oxygens (including phenoxy) is 1. The van der Waals surface area contributed by atoms with Gasteiger partial charge in [-0.2, -0.15) is 0 Å². The molecule has 2 N–H and O–H groups in total. The van der Waals surface area contributed by atoms with Crippen molar-refractivity contribution in [1.82, 2.24) is 5.32 Å². The molecule has 2 rings (SSSR count). The Morgan fingerprint density at radius 1 is 1.18 bits per heavy atom. The lowest BCUT2D eigenvalue weighted by Crippen LogP contribution is -2.31. The third-order valence-corrected chi connectivity index (χ3v) is 3.51. The van der Waals surface area contributed by atoms with E-state index in [-0.39, 0.29) is 12.8 Å². The van der Waals surface area contributed by atoms with E-state index in [1.807, 2.05) is 48.5 Å². The van der Waals surface area contributed by atoms with Gasteiger partial charge in [-0.05, 0) is 42.3 Å². The van der Waals surface area contributed by atoms with Crippen molar-refractivity contribution >= 4 is 27.6 Å². The van der Waals surface area contributed by atoms with Crippen LogP contribution in [-0.4, -0.2) is 12.8 Å². The van der Waals surface area contributed by atoms with Crippen LogP contribution in [0.15, 0.2) is 53.0 Å². The molecule has 0 heterocycles. The molecule has 116 valence electrons. The molecule has 0 spiro atoms. The van der Waals surface area contributed by atoms with Crippen molar-refractivity contribution in [2.75, 3.05) is 12.0 Å². The van der Waals surface area contributed by atoms with Gasteiger partial charge in [0.05, 0.1) is 0 Å². The summed E-state index contributed by atoms with van der Waals surface area (Å²) in [6.07, 6.45) is 2.19. The first kappa shape index (κ1) is 16.4. The van der Waals surface area contributed by atoms with Gasteiger partial charge in [0, 0.05) is 10.2 Å². The lowest BCUT2D eigenvalue weighted by atomic mass is 10.1. The lowest BCUT2D eigenvalue weighted by Gasteiger charge is -2.10. The molecule has 4 nitrogen and oxygen atoms in total. The second-order valence-electron chi connectivity index (χ2n) is 4.82. The van der Waals surface area contributed by atoms with Crippen molar-refractivity contribution < 1.29 is 9.53 Å². The van der Waals surface area contributed by atoms with Crippen LogP contribution in [0.4, 0.5) is 10.5 Å². The number of hydrogen-bond acceptors (Lipinski definition) is 2. The number of nitrogens with one attached hydrogen (secondary N) is 2. The van der Waals surface area contributed by atoms with Crippen molar-refractivity contribution in [3.05, 3.63) is 58.6 Å². The number of aryl methyl sites for hydroxylation is 1. The van der Waals surface area contributed by atoms with Crippen molar-refractivity contribution in [1.29, 1.82) is 0 Å². The van der Waals surface area contributed by atoms with Crippen LogP contribution in [0, 0.1) is 0 Å². The van der Waals surface area contributed by atoms with Crippen molar-refractivity contribution in [2.24, 2.45) is 0 Å². The normalized spacial score (nSPS) is 10.1. The molecule has 0 aliphatic rings. The summed E-state index contributed by atoms with van der Waals surface area (Å²) in [6, 6.07) is 15.0. The van der Waals surface area contributed by atoms with Gasteiger partial charge in [0.15, 0.2) is 6.73 Å². The first-order valence-electron chi connectivity index (χ1n) is 7.19. The highest BCUT2D eigenvalue weighted by molar-refractivity contribution is 9.10. The molecule has 0 aliphatic carbocycles. The van der Waals surface area contributed by atoms with Crippen LogP contribution in [0.2, 0.25) is 0 Å². The van der Waals surface area contributed by atoms with Crippen LogP contribution in [-0.2, 0) is 6.42 Å². The van der Waals surface area contributed by atoms with Gasteiger partial charge in [-0.3, -0.25) is 0 Å². The number of carbonyl (C=O) groups is 1. The highest BCUT2D eigenvalue weighted by atomic mass is 79.9. The standard InChI is InChI=1S/C17H19BrN2O2/c1-2-4-13-7-9-16(10-8-13)22-12-19-17(21)20-15-6-3-5-14(18)11-15/h3,5-11H,2,4,12H2,1H3,(H2,19,20,21). The molecule has 0 bridgehead atoms. The van der Waals surface area contributed by atoms with E-state index in [9.17, 15) is 4.79 Å². The second-order valence-corrected chi connectivity index (χ2v) is 5.74. The van der Waals surface area contributed by atoms with E-state index < -0.39 is 0 Å². The highest BCUT2D eigenvalue weighted by Gasteiger charge is 2.02. The average molecular weight is 363 g/mol.